The van der Waals surface area contributed by atoms with Gasteiger partial charge in [-0.15, -0.1) is 0 Å². The monoisotopic (exact) mass is 567 g/mol. The van der Waals surface area contributed by atoms with Gasteiger partial charge in [0.15, 0.2) is 0 Å². The summed E-state index contributed by atoms with van der Waals surface area (Å²) in [6.45, 7) is 7.56. The van der Waals surface area contributed by atoms with Crippen molar-refractivity contribution in [2.75, 3.05) is 23.7 Å². The van der Waals surface area contributed by atoms with Crippen LogP contribution in [0.15, 0.2) is 72.8 Å². The van der Waals surface area contributed by atoms with Crippen molar-refractivity contribution >= 4 is 27.5 Å². The Kier molecular flexibility index (Phi) is 10.5. The van der Waals surface area contributed by atoms with Crippen molar-refractivity contribution in [1.82, 2.24) is 10.2 Å². The van der Waals surface area contributed by atoms with Crippen LogP contribution < -0.4 is 9.62 Å². The van der Waals surface area contributed by atoms with Gasteiger partial charge in [-0.05, 0) is 54.7 Å². The van der Waals surface area contributed by atoms with Crippen molar-refractivity contribution in [3.8, 4) is 0 Å². The van der Waals surface area contributed by atoms with Gasteiger partial charge in [-0.25, -0.2) is 12.8 Å². The molecule has 3 aromatic carbocycles. The van der Waals surface area contributed by atoms with Crippen LogP contribution in [0.5, 0.6) is 0 Å². The lowest BCUT2D eigenvalue weighted by molar-refractivity contribution is -0.140. The van der Waals surface area contributed by atoms with Gasteiger partial charge in [-0.3, -0.25) is 13.9 Å². The number of amides is 2. The summed E-state index contributed by atoms with van der Waals surface area (Å²) in [5.41, 5.74) is 3.52. The van der Waals surface area contributed by atoms with Crippen molar-refractivity contribution in [2.45, 2.75) is 46.7 Å². The molecule has 0 aliphatic heterocycles. The molecule has 7 nitrogen and oxygen atoms in total. The van der Waals surface area contributed by atoms with E-state index >= 15 is 0 Å². The molecule has 3 aromatic rings. The number of nitrogens with one attached hydrogen (secondary N) is 1. The fourth-order valence-corrected chi connectivity index (χ4v) is 5.35. The number of hydrogen-bond donors (Lipinski definition) is 1. The highest BCUT2D eigenvalue weighted by atomic mass is 32.2. The van der Waals surface area contributed by atoms with Crippen molar-refractivity contribution in [2.24, 2.45) is 5.92 Å². The first-order valence-electron chi connectivity index (χ1n) is 13.3. The molecule has 0 aliphatic rings. The van der Waals surface area contributed by atoms with Crippen molar-refractivity contribution < 1.29 is 22.4 Å². The molecule has 9 heteroatoms. The van der Waals surface area contributed by atoms with Crippen molar-refractivity contribution in [3.63, 3.8) is 0 Å². The predicted octanol–water partition coefficient (Wildman–Crippen LogP) is 4.62. The van der Waals surface area contributed by atoms with Crippen LogP contribution in [-0.2, 0) is 32.6 Å². The number of nitrogens with zero attached hydrogens (tertiary/aromatic N) is 2. The third-order valence-electron chi connectivity index (χ3n) is 6.52. The van der Waals surface area contributed by atoms with Gasteiger partial charge >= 0.3 is 0 Å². The maximum absolute atomic E-state index is 14.1. The van der Waals surface area contributed by atoms with Crippen LogP contribution in [0.3, 0.4) is 0 Å². The minimum absolute atomic E-state index is 0.00378. The Morgan fingerprint density at radius 2 is 1.57 bits per heavy atom. The third-order valence-corrected chi connectivity index (χ3v) is 7.65. The highest BCUT2D eigenvalue weighted by molar-refractivity contribution is 7.92. The van der Waals surface area contributed by atoms with E-state index in [4.69, 9.17) is 0 Å². The number of hydrogen-bond acceptors (Lipinski definition) is 4. The number of halogens is 1. The topological polar surface area (TPSA) is 86.8 Å². The number of aryl methyl sites for hydroxylation is 2. The summed E-state index contributed by atoms with van der Waals surface area (Å²) >= 11 is 0. The highest BCUT2D eigenvalue weighted by Gasteiger charge is 2.33. The second-order valence-corrected chi connectivity index (χ2v) is 12.5. The van der Waals surface area contributed by atoms with Crippen LogP contribution in [0.25, 0.3) is 0 Å². The number of anilines is 1. The first-order valence-corrected chi connectivity index (χ1v) is 15.1. The van der Waals surface area contributed by atoms with E-state index < -0.39 is 34.3 Å². The van der Waals surface area contributed by atoms with E-state index in [-0.39, 0.29) is 24.8 Å². The maximum atomic E-state index is 14.1. The van der Waals surface area contributed by atoms with E-state index in [1.54, 1.807) is 31.2 Å². The number of sulfonamides is 1. The zero-order valence-corrected chi connectivity index (χ0v) is 24.5. The molecule has 3 rings (SSSR count). The maximum Gasteiger partial charge on any atom is 0.244 e. The molecule has 0 radical (unpaired) electrons. The standard InChI is InChI=1S/C31H38FN3O4S/c1-22(2)19-33-31(37)29(18-25-9-7-6-8-10-25)34(20-26-12-14-27(32)15-13-26)30(36)21-35(40(5,38)39)28-16-11-23(3)17-24(28)4/h6-17,22,29H,18-21H2,1-5H3,(H,33,37). The zero-order valence-electron chi connectivity index (χ0n) is 23.7. The Balaban J connectivity index is 2.06. The summed E-state index contributed by atoms with van der Waals surface area (Å²) in [5, 5.41) is 2.94. The summed E-state index contributed by atoms with van der Waals surface area (Å²) in [6.07, 6.45) is 1.28. The van der Waals surface area contributed by atoms with E-state index in [1.165, 1.54) is 17.0 Å². The van der Waals surface area contributed by atoms with Crippen LogP contribution in [0.1, 0.15) is 36.1 Å². The molecule has 0 bridgehead atoms. The number of carbonyl (C=O) groups is 2. The van der Waals surface area contributed by atoms with Gasteiger partial charge in [0.1, 0.15) is 18.4 Å². The summed E-state index contributed by atoms with van der Waals surface area (Å²) in [7, 11) is -3.85. The Morgan fingerprint density at radius 1 is 0.925 bits per heavy atom. The lowest BCUT2D eigenvalue weighted by atomic mass is 10.0. The van der Waals surface area contributed by atoms with Gasteiger partial charge in [-0.1, -0.05) is 74.0 Å². The summed E-state index contributed by atoms with van der Waals surface area (Å²) in [4.78, 5) is 29.1. The fourth-order valence-electron chi connectivity index (χ4n) is 4.44. The SMILES string of the molecule is Cc1ccc(N(CC(=O)N(Cc2ccc(F)cc2)C(Cc2ccccc2)C(=O)NCC(C)C)S(C)(=O)=O)c(C)c1. The molecule has 0 aromatic heterocycles. The molecule has 0 heterocycles. The molecule has 1 unspecified atom stereocenters. The largest absolute Gasteiger partial charge is 0.354 e. The number of rotatable bonds is 12. The fraction of sp³-hybridized carbons (Fsp3) is 0.355. The van der Waals surface area contributed by atoms with E-state index in [9.17, 15) is 22.4 Å². The second kappa shape index (κ2) is 13.6. The Morgan fingerprint density at radius 3 is 2.15 bits per heavy atom. The Hall–Kier alpha value is -3.72. The molecular formula is C31H38FN3O4S. The van der Waals surface area contributed by atoms with Crippen LogP contribution >= 0.6 is 0 Å². The average molecular weight is 568 g/mol. The molecule has 0 aliphatic carbocycles. The first kappa shape index (κ1) is 30.8. The van der Waals surface area contributed by atoms with E-state index in [0.29, 0.717) is 23.4 Å². The lowest BCUT2D eigenvalue weighted by Crippen LogP contribution is -2.53. The molecule has 1 atom stereocenters. The average Bonchev–Trinajstić information content (AvgIpc) is 2.89. The van der Waals surface area contributed by atoms with Gasteiger partial charge in [0.05, 0.1) is 11.9 Å². The molecule has 214 valence electrons. The molecule has 0 fully saturated rings. The van der Waals surface area contributed by atoms with Crippen LogP contribution in [-0.4, -0.2) is 50.5 Å². The molecule has 0 saturated heterocycles. The quantitative estimate of drug-likeness (QED) is 0.346. The highest BCUT2D eigenvalue weighted by Crippen LogP contribution is 2.25. The van der Waals surface area contributed by atoms with Gasteiger partial charge in [0.2, 0.25) is 21.8 Å². The molecule has 0 spiro atoms. The molecular weight excluding hydrogens is 529 g/mol. The van der Waals surface area contributed by atoms with E-state index in [1.807, 2.05) is 57.2 Å². The predicted molar refractivity (Wildman–Crippen MR) is 157 cm³/mol. The number of carbonyl (C=O) groups excluding carboxylic acids is 2. The smallest absolute Gasteiger partial charge is 0.244 e. The van der Waals surface area contributed by atoms with Crippen LogP contribution in [0, 0.1) is 25.6 Å². The zero-order chi connectivity index (χ0) is 29.4. The minimum atomic E-state index is -3.85. The van der Waals surface area contributed by atoms with Crippen LogP contribution in [0.4, 0.5) is 10.1 Å². The first-order chi connectivity index (χ1) is 18.8. The van der Waals surface area contributed by atoms with Crippen molar-refractivity contribution in [3.05, 3.63) is 101 Å². The normalized spacial score (nSPS) is 12.2. The van der Waals surface area contributed by atoms with Gasteiger partial charge < -0.3 is 10.2 Å². The van der Waals surface area contributed by atoms with E-state index in [2.05, 4.69) is 5.32 Å². The lowest BCUT2D eigenvalue weighted by Gasteiger charge is -2.34. The Bertz CT molecular complexity index is 1410. The Labute approximate surface area is 237 Å². The van der Waals surface area contributed by atoms with Gasteiger partial charge in [-0.2, -0.15) is 0 Å². The van der Waals surface area contributed by atoms with Crippen molar-refractivity contribution in [1.29, 1.82) is 0 Å². The van der Waals surface area contributed by atoms with Crippen LogP contribution in [0.2, 0.25) is 0 Å². The van der Waals surface area contributed by atoms with Gasteiger partial charge in [0, 0.05) is 19.5 Å². The summed E-state index contributed by atoms with van der Waals surface area (Å²) in [6, 6.07) is 19.4. The summed E-state index contributed by atoms with van der Waals surface area (Å²) in [5.74, 6) is -1.12. The second-order valence-electron chi connectivity index (χ2n) is 10.6. The molecule has 0 saturated carbocycles. The summed E-state index contributed by atoms with van der Waals surface area (Å²) < 4.78 is 40.6. The minimum Gasteiger partial charge on any atom is -0.354 e. The third kappa shape index (κ3) is 8.64. The molecule has 1 N–H and O–H groups in total. The van der Waals surface area contributed by atoms with E-state index in [0.717, 1.165) is 21.7 Å². The molecule has 40 heavy (non-hydrogen) atoms. The van der Waals surface area contributed by atoms with Gasteiger partial charge in [0.25, 0.3) is 0 Å². The number of benzene rings is 3. The molecule has 2 amide bonds.